The third-order valence-corrected chi connectivity index (χ3v) is 5.80. The molecule has 29 heavy (non-hydrogen) atoms. The van der Waals surface area contributed by atoms with Gasteiger partial charge in [0.25, 0.3) is 0 Å². The molecule has 3 aliphatic heterocycles. The van der Waals surface area contributed by atoms with E-state index in [9.17, 15) is 0 Å². The van der Waals surface area contributed by atoms with Gasteiger partial charge in [-0.3, -0.25) is 0 Å². The molecule has 154 valence electrons. The lowest BCUT2D eigenvalue weighted by Crippen LogP contribution is -2.40. The van der Waals surface area contributed by atoms with E-state index in [1.54, 1.807) is 0 Å². The lowest BCUT2D eigenvalue weighted by molar-refractivity contribution is 0.121. The van der Waals surface area contributed by atoms with E-state index < -0.39 is 0 Å². The van der Waals surface area contributed by atoms with E-state index in [-0.39, 0.29) is 0 Å². The molecule has 0 unspecified atom stereocenters. The third kappa shape index (κ3) is 4.13. The highest BCUT2D eigenvalue weighted by atomic mass is 16.5. The van der Waals surface area contributed by atoms with Gasteiger partial charge in [0.1, 0.15) is 0 Å². The average Bonchev–Trinajstić information content (AvgIpc) is 3.35. The zero-order valence-electron chi connectivity index (χ0n) is 16.8. The Morgan fingerprint density at radius 3 is 1.62 bits per heavy atom. The summed E-state index contributed by atoms with van der Waals surface area (Å²) in [4.78, 5) is 21.3. The van der Waals surface area contributed by atoms with Crippen LogP contribution >= 0.6 is 0 Å². The smallest absolute Gasteiger partial charge is 0.230 e. The maximum atomic E-state index is 5.50. The summed E-state index contributed by atoms with van der Waals surface area (Å²) < 4.78 is 11.0. The van der Waals surface area contributed by atoms with Gasteiger partial charge in [0, 0.05) is 50.5 Å². The Morgan fingerprint density at radius 2 is 1.10 bits per heavy atom. The first-order chi connectivity index (χ1) is 14.4. The summed E-state index contributed by atoms with van der Waals surface area (Å²) >= 11 is 0. The molecule has 3 aliphatic rings. The summed E-state index contributed by atoms with van der Waals surface area (Å²) in [7, 11) is 0. The summed E-state index contributed by atoms with van der Waals surface area (Å²) in [5.41, 5.74) is 2.31. The predicted octanol–water partition coefficient (Wildman–Crippen LogP) is 1.81. The monoisotopic (exact) mass is 396 g/mol. The van der Waals surface area contributed by atoms with Crippen molar-refractivity contribution in [3.63, 3.8) is 0 Å². The molecule has 0 bridgehead atoms. The highest BCUT2D eigenvalue weighted by Gasteiger charge is 2.21. The van der Waals surface area contributed by atoms with Crippen molar-refractivity contribution in [2.24, 2.45) is 0 Å². The van der Waals surface area contributed by atoms with Gasteiger partial charge in [0.2, 0.25) is 11.9 Å². The van der Waals surface area contributed by atoms with Crippen LogP contribution in [-0.4, -0.2) is 80.6 Å². The van der Waals surface area contributed by atoms with Crippen molar-refractivity contribution in [3.8, 4) is 11.4 Å². The molecule has 2 aromatic rings. The average molecular weight is 396 g/mol. The first kappa shape index (κ1) is 18.6. The van der Waals surface area contributed by atoms with Crippen molar-refractivity contribution in [2.75, 3.05) is 80.4 Å². The van der Waals surface area contributed by atoms with E-state index in [0.717, 1.165) is 62.6 Å². The number of ether oxygens (including phenoxy) is 2. The van der Waals surface area contributed by atoms with Gasteiger partial charge in [0.05, 0.1) is 26.4 Å². The van der Waals surface area contributed by atoms with Crippen LogP contribution in [0.2, 0.25) is 0 Å². The van der Waals surface area contributed by atoms with Crippen LogP contribution in [0.1, 0.15) is 12.8 Å². The Bertz CT molecular complexity index is 776. The Hall–Kier alpha value is -2.45. The molecular weight excluding hydrogens is 368 g/mol. The van der Waals surface area contributed by atoms with Gasteiger partial charge in [-0.05, 0) is 37.1 Å². The van der Waals surface area contributed by atoms with E-state index in [1.165, 1.54) is 18.5 Å². The standard InChI is InChI=1S/C21H28N6O2/c1-2-8-25(7-1)18-5-3-17(4-6-18)19-22-20(26-9-13-28-14-10-26)24-21(23-19)27-11-15-29-16-12-27/h3-6H,1-2,7-16H2. The second-order valence-corrected chi connectivity index (χ2v) is 7.70. The van der Waals surface area contributed by atoms with Crippen LogP contribution in [0.25, 0.3) is 11.4 Å². The summed E-state index contributed by atoms with van der Waals surface area (Å²) in [5.74, 6) is 2.21. The van der Waals surface area contributed by atoms with Crippen molar-refractivity contribution in [2.45, 2.75) is 12.8 Å². The van der Waals surface area contributed by atoms with Gasteiger partial charge in [0.15, 0.2) is 5.82 Å². The Morgan fingerprint density at radius 1 is 0.586 bits per heavy atom. The minimum atomic E-state index is 0.707. The van der Waals surface area contributed by atoms with Gasteiger partial charge >= 0.3 is 0 Å². The minimum Gasteiger partial charge on any atom is -0.378 e. The number of anilines is 3. The predicted molar refractivity (Wildman–Crippen MR) is 113 cm³/mol. The van der Waals surface area contributed by atoms with Crippen molar-refractivity contribution >= 4 is 17.6 Å². The number of benzene rings is 1. The van der Waals surface area contributed by atoms with Gasteiger partial charge in [-0.2, -0.15) is 15.0 Å². The van der Waals surface area contributed by atoms with Crippen LogP contribution in [-0.2, 0) is 9.47 Å². The van der Waals surface area contributed by atoms with Crippen molar-refractivity contribution in [1.82, 2.24) is 15.0 Å². The molecule has 8 heteroatoms. The molecule has 5 rings (SSSR count). The molecule has 0 saturated carbocycles. The number of nitrogens with zero attached hydrogens (tertiary/aromatic N) is 6. The normalized spacial score (nSPS) is 20.3. The minimum absolute atomic E-state index is 0.707. The van der Waals surface area contributed by atoms with Gasteiger partial charge in [-0.1, -0.05) is 0 Å². The van der Waals surface area contributed by atoms with E-state index in [0.29, 0.717) is 26.4 Å². The van der Waals surface area contributed by atoms with Crippen LogP contribution in [0.4, 0.5) is 17.6 Å². The molecule has 1 aromatic carbocycles. The molecule has 4 heterocycles. The molecule has 0 aliphatic carbocycles. The second kappa shape index (κ2) is 8.51. The summed E-state index contributed by atoms with van der Waals surface area (Å²) in [6, 6.07) is 8.64. The molecule has 1 aromatic heterocycles. The molecule has 0 radical (unpaired) electrons. The summed E-state index contributed by atoms with van der Waals surface area (Å²) in [6.45, 7) is 8.34. The van der Waals surface area contributed by atoms with Crippen molar-refractivity contribution in [1.29, 1.82) is 0 Å². The molecule has 0 atom stereocenters. The Kier molecular flexibility index (Phi) is 5.45. The maximum Gasteiger partial charge on any atom is 0.230 e. The van der Waals surface area contributed by atoms with Crippen LogP contribution < -0.4 is 14.7 Å². The van der Waals surface area contributed by atoms with Crippen molar-refractivity contribution < 1.29 is 9.47 Å². The molecule has 8 nitrogen and oxygen atoms in total. The lowest BCUT2D eigenvalue weighted by atomic mass is 10.2. The van der Waals surface area contributed by atoms with E-state index >= 15 is 0 Å². The van der Waals surface area contributed by atoms with Gasteiger partial charge in [-0.15, -0.1) is 0 Å². The zero-order valence-corrected chi connectivity index (χ0v) is 16.8. The van der Waals surface area contributed by atoms with Crippen molar-refractivity contribution in [3.05, 3.63) is 24.3 Å². The Balaban J connectivity index is 1.46. The number of hydrogen-bond donors (Lipinski definition) is 0. The molecule has 3 saturated heterocycles. The third-order valence-electron chi connectivity index (χ3n) is 5.80. The van der Waals surface area contributed by atoms with Crippen LogP contribution in [0, 0.1) is 0 Å². The lowest BCUT2D eigenvalue weighted by Gasteiger charge is -2.30. The van der Waals surface area contributed by atoms with E-state index in [4.69, 9.17) is 24.4 Å². The second-order valence-electron chi connectivity index (χ2n) is 7.70. The van der Waals surface area contributed by atoms with Crippen LogP contribution in [0.15, 0.2) is 24.3 Å². The molecular formula is C21H28N6O2. The zero-order chi connectivity index (χ0) is 19.5. The SMILES string of the molecule is c1cc(N2CCCC2)ccc1-c1nc(N2CCOCC2)nc(N2CCOCC2)n1. The molecule has 3 fully saturated rings. The fraction of sp³-hybridized carbons (Fsp3) is 0.571. The topological polar surface area (TPSA) is 66.9 Å². The summed E-state index contributed by atoms with van der Waals surface area (Å²) in [5, 5.41) is 0. The highest BCUT2D eigenvalue weighted by Crippen LogP contribution is 2.26. The first-order valence-corrected chi connectivity index (χ1v) is 10.6. The first-order valence-electron chi connectivity index (χ1n) is 10.6. The fourth-order valence-corrected chi connectivity index (χ4v) is 4.09. The van der Waals surface area contributed by atoms with E-state index in [1.807, 2.05) is 0 Å². The largest absolute Gasteiger partial charge is 0.378 e. The maximum absolute atomic E-state index is 5.50. The molecule has 0 spiro atoms. The fourth-order valence-electron chi connectivity index (χ4n) is 4.09. The number of morpholine rings is 2. The molecule has 0 N–H and O–H groups in total. The van der Waals surface area contributed by atoms with Gasteiger partial charge in [-0.25, -0.2) is 0 Å². The quantitative estimate of drug-likeness (QED) is 0.775. The molecule has 0 amide bonds. The number of aromatic nitrogens is 3. The van der Waals surface area contributed by atoms with Gasteiger partial charge < -0.3 is 24.2 Å². The Labute approximate surface area is 171 Å². The highest BCUT2D eigenvalue weighted by molar-refractivity contribution is 5.63. The number of rotatable bonds is 4. The van der Waals surface area contributed by atoms with E-state index in [2.05, 4.69) is 39.0 Å². The van der Waals surface area contributed by atoms with Crippen LogP contribution in [0.5, 0.6) is 0 Å². The number of hydrogen-bond acceptors (Lipinski definition) is 8. The summed E-state index contributed by atoms with van der Waals surface area (Å²) in [6.07, 6.45) is 2.56. The van der Waals surface area contributed by atoms with Crippen LogP contribution in [0.3, 0.4) is 0 Å².